The van der Waals surface area contributed by atoms with Crippen LogP contribution in [-0.2, 0) is 0 Å². The summed E-state index contributed by atoms with van der Waals surface area (Å²) in [4.78, 5) is 24.7. The SMILES string of the molecule is CC[C@H](NC(=O)N1CCCSCC1)c1cccc([N+](=O)[O-])c1. The maximum atomic E-state index is 12.4. The molecule has 1 aromatic rings. The van der Waals surface area contributed by atoms with Crippen molar-refractivity contribution in [1.29, 1.82) is 0 Å². The molecule has 0 aromatic heterocycles. The van der Waals surface area contributed by atoms with E-state index in [1.165, 1.54) is 12.1 Å². The largest absolute Gasteiger partial charge is 0.331 e. The zero-order valence-electron chi connectivity index (χ0n) is 12.7. The van der Waals surface area contributed by atoms with Crippen molar-refractivity contribution in [3.63, 3.8) is 0 Å². The Morgan fingerprint density at radius 1 is 1.45 bits per heavy atom. The van der Waals surface area contributed by atoms with Gasteiger partial charge in [0.15, 0.2) is 0 Å². The van der Waals surface area contributed by atoms with Crippen LogP contribution < -0.4 is 5.32 Å². The summed E-state index contributed by atoms with van der Waals surface area (Å²) in [5.41, 5.74) is 0.825. The molecule has 1 aliphatic rings. The van der Waals surface area contributed by atoms with Crippen LogP contribution in [0, 0.1) is 10.1 Å². The number of nitrogens with one attached hydrogen (secondary N) is 1. The Labute approximate surface area is 134 Å². The Morgan fingerprint density at radius 2 is 2.27 bits per heavy atom. The number of carbonyl (C=O) groups is 1. The molecule has 1 fully saturated rings. The fourth-order valence-electron chi connectivity index (χ4n) is 2.47. The molecule has 1 aliphatic heterocycles. The summed E-state index contributed by atoms with van der Waals surface area (Å²) in [5, 5.41) is 13.9. The standard InChI is InChI=1S/C15H21N3O3S/c1-2-14(12-5-3-6-13(11-12)18(20)21)16-15(19)17-7-4-9-22-10-8-17/h3,5-6,11,14H,2,4,7-10H2,1H3,(H,16,19)/t14-/m0/s1. The molecular weight excluding hydrogens is 302 g/mol. The molecule has 1 saturated heterocycles. The smallest absolute Gasteiger partial charge is 0.317 e. The van der Waals surface area contributed by atoms with Crippen molar-refractivity contribution >= 4 is 23.5 Å². The van der Waals surface area contributed by atoms with Gasteiger partial charge in [0.05, 0.1) is 11.0 Å². The minimum Gasteiger partial charge on any atom is -0.331 e. The third kappa shape index (κ3) is 4.37. The van der Waals surface area contributed by atoms with E-state index in [4.69, 9.17) is 0 Å². The molecule has 120 valence electrons. The molecule has 0 bridgehead atoms. The molecule has 2 amide bonds. The summed E-state index contributed by atoms with van der Waals surface area (Å²) in [7, 11) is 0. The fourth-order valence-corrected chi connectivity index (χ4v) is 3.35. The summed E-state index contributed by atoms with van der Waals surface area (Å²) in [6.07, 6.45) is 1.70. The van der Waals surface area contributed by atoms with Crippen molar-refractivity contribution in [2.75, 3.05) is 24.6 Å². The van der Waals surface area contributed by atoms with E-state index < -0.39 is 4.92 Å². The van der Waals surface area contributed by atoms with Crippen molar-refractivity contribution in [2.45, 2.75) is 25.8 Å². The normalized spacial score (nSPS) is 16.7. The fraction of sp³-hybridized carbons (Fsp3) is 0.533. The average Bonchev–Trinajstić information content (AvgIpc) is 2.81. The number of thioether (sulfide) groups is 1. The zero-order valence-corrected chi connectivity index (χ0v) is 13.5. The first-order chi connectivity index (χ1) is 10.6. The van der Waals surface area contributed by atoms with E-state index in [9.17, 15) is 14.9 Å². The van der Waals surface area contributed by atoms with E-state index in [1.807, 2.05) is 29.7 Å². The Morgan fingerprint density at radius 3 is 3.00 bits per heavy atom. The molecular formula is C15H21N3O3S. The van der Waals surface area contributed by atoms with E-state index in [0.717, 1.165) is 36.6 Å². The molecule has 0 spiro atoms. The van der Waals surface area contributed by atoms with Crippen LogP contribution >= 0.6 is 11.8 Å². The van der Waals surface area contributed by atoms with Crippen LogP contribution in [0.1, 0.15) is 31.4 Å². The van der Waals surface area contributed by atoms with Crippen LogP contribution in [0.4, 0.5) is 10.5 Å². The van der Waals surface area contributed by atoms with Crippen molar-refractivity contribution in [3.05, 3.63) is 39.9 Å². The lowest BCUT2D eigenvalue weighted by molar-refractivity contribution is -0.384. The second-order valence-electron chi connectivity index (χ2n) is 5.22. The second kappa shape index (κ2) is 8.03. The summed E-state index contributed by atoms with van der Waals surface area (Å²) in [5.74, 6) is 2.05. The maximum absolute atomic E-state index is 12.4. The first kappa shape index (κ1) is 16.6. The van der Waals surface area contributed by atoms with Crippen molar-refractivity contribution < 1.29 is 9.72 Å². The lowest BCUT2D eigenvalue weighted by Gasteiger charge is -2.25. The molecule has 1 atom stereocenters. The van der Waals surface area contributed by atoms with Gasteiger partial charge in [-0.05, 0) is 24.2 Å². The highest BCUT2D eigenvalue weighted by molar-refractivity contribution is 7.99. The predicted molar refractivity (Wildman–Crippen MR) is 88.2 cm³/mol. The highest BCUT2D eigenvalue weighted by atomic mass is 32.2. The molecule has 2 rings (SSSR count). The highest BCUT2D eigenvalue weighted by Crippen LogP contribution is 2.22. The molecule has 22 heavy (non-hydrogen) atoms. The monoisotopic (exact) mass is 323 g/mol. The van der Waals surface area contributed by atoms with Gasteiger partial charge in [0.2, 0.25) is 0 Å². The van der Waals surface area contributed by atoms with Crippen LogP contribution in [-0.4, -0.2) is 40.4 Å². The van der Waals surface area contributed by atoms with E-state index in [1.54, 1.807) is 6.07 Å². The zero-order chi connectivity index (χ0) is 15.9. The van der Waals surface area contributed by atoms with Crippen LogP contribution in [0.25, 0.3) is 0 Å². The van der Waals surface area contributed by atoms with Gasteiger partial charge in [-0.15, -0.1) is 0 Å². The number of benzene rings is 1. The Bertz CT molecular complexity index is 531. The molecule has 1 heterocycles. The van der Waals surface area contributed by atoms with Gasteiger partial charge in [0, 0.05) is 31.0 Å². The minimum atomic E-state index is -0.413. The molecule has 7 heteroatoms. The predicted octanol–water partition coefficient (Wildman–Crippen LogP) is 3.19. The average molecular weight is 323 g/mol. The Balaban J connectivity index is 2.06. The number of nitro benzene ring substituents is 1. The van der Waals surface area contributed by atoms with Gasteiger partial charge in [0.25, 0.3) is 5.69 Å². The first-order valence-corrected chi connectivity index (χ1v) is 8.65. The van der Waals surface area contributed by atoms with Gasteiger partial charge in [-0.25, -0.2) is 4.79 Å². The first-order valence-electron chi connectivity index (χ1n) is 7.49. The lowest BCUT2D eigenvalue weighted by atomic mass is 10.0. The van der Waals surface area contributed by atoms with Gasteiger partial charge in [-0.2, -0.15) is 11.8 Å². The van der Waals surface area contributed by atoms with Crippen LogP contribution in [0.3, 0.4) is 0 Å². The highest BCUT2D eigenvalue weighted by Gasteiger charge is 2.20. The molecule has 0 radical (unpaired) electrons. The molecule has 6 nitrogen and oxygen atoms in total. The maximum Gasteiger partial charge on any atom is 0.317 e. The number of nitrogens with zero attached hydrogens (tertiary/aromatic N) is 2. The number of hydrogen-bond acceptors (Lipinski definition) is 4. The topological polar surface area (TPSA) is 75.5 Å². The second-order valence-corrected chi connectivity index (χ2v) is 6.44. The Kier molecular flexibility index (Phi) is 6.06. The summed E-state index contributed by atoms with van der Waals surface area (Å²) in [6, 6.07) is 6.19. The number of urea groups is 1. The van der Waals surface area contributed by atoms with Gasteiger partial charge in [0.1, 0.15) is 0 Å². The van der Waals surface area contributed by atoms with Gasteiger partial charge >= 0.3 is 6.03 Å². The van der Waals surface area contributed by atoms with Gasteiger partial charge < -0.3 is 10.2 Å². The summed E-state index contributed by atoms with van der Waals surface area (Å²) < 4.78 is 0. The summed E-state index contributed by atoms with van der Waals surface area (Å²) in [6.45, 7) is 3.48. The molecule has 1 aromatic carbocycles. The molecule has 1 N–H and O–H groups in total. The summed E-state index contributed by atoms with van der Waals surface area (Å²) >= 11 is 1.87. The number of nitro groups is 1. The number of amides is 2. The number of non-ortho nitro benzene ring substituents is 1. The third-order valence-electron chi connectivity index (χ3n) is 3.70. The van der Waals surface area contributed by atoms with Gasteiger partial charge in [-0.3, -0.25) is 10.1 Å². The van der Waals surface area contributed by atoms with Crippen molar-refractivity contribution in [2.24, 2.45) is 0 Å². The van der Waals surface area contributed by atoms with Crippen LogP contribution in [0.2, 0.25) is 0 Å². The number of hydrogen-bond donors (Lipinski definition) is 1. The van der Waals surface area contributed by atoms with E-state index >= 15 is 0 Å². The van der Waals surface area contributed by atoms with Crippen LogP contribution in [0.5, 0.6) is 0 Å². The quantitative estimate of drug-likeness (QED) is 0.682. The molecule has 0 saturated carbocycles. The third-order valence-corrected chi connectivity index (χ3v) is 4.75. The van der Waals surface area contributed by atoms with E-state index in [0.29, 0.717) is 6.42 Å². The van der Waals surface area contributed by atoms with Gasteiger partial charge in [-0.1, -0.05) is 19.1 Å². The number of rotatable bonds is 4. The Hall–Kier alpha value is -1.76. The van der Waals surface area contributed by atoms with Crippen LogP contribution in [0.15, 0.2) is 24.3 Å². The van der Waals surface area contributed by atoms with E-state index in [2.05, 4.69) is 5.32 Å². The molecule has 0 unspecified atom stereocenters. The van der Waals surface area contributed by atoms with E-state index in [-0.39, 0.29) is 17.8 Å². The molecule has 0 aliphatic carbocycles. The van der Waals surface area contributed by atoms with Crippen molar-refractivity contribution in [1.82, 2.24) is 10.2 Å². The lowest BCUT2D eigenvalue weighted by Crippen LogP contribution is -2.42. The van der Waals surface area contributed by atoms with Crippen molar-refractivity contribution in [3.8, 4) is 0 Å². The minimum absolute atomic E-state index is 0.0522. The number of carbonyl (C=O) groups excluding carboxylic acids is 1.